The Morgan fingerprint density at radius 1 is 1.15 bits per heavy atom. The molecule has 20 heavy (non-hydrogen) atoms. The minimum atomic E-state index is 0.339. The van der Waals surface area contributed by atoms with Crippen LogP contribution in [0.4, 0.5) is 0 Å². The first-order chi connectivity index (χ1) is 9.58. The summed E-state index contributed by atoms with van der Waals surface area (Å²) >= 11 is 1.74. The molecule has 1 N–H and O–H groups in total. The summed E-state index contributed by atoms with van der Waals surface area (Å²) in [6.07, 6.45) is 1.15. The molecule has 1 aromatic heterocycles. The van der Waals surface area contributed by atoms with E-state index in [1.54, 1.807) is 11.3 Å². The van der Waals surface area contributed by atoms with Gasteiger partial charge in [0.1, 0.15) is 0 Å². The zero-order valence-electron chi connectivity index (χ0n) is 12.8. The van der Waals surface area contributed by atoms with E-state index in [4.69, 9.17) is 0 Å². The summed E-state index contributed by atoms with van der Waals surface area (Å²) in [7, 11) is 0. The molecule has 2 unspecified atom stereocenters. The quantitative estimate of drug-likeness (QED) is 0.818. The fourth-order valence-corrected chi connectivity index (χ4v) is 3.38. The second-order valence-electron chi connectivity index (χ2n) is 5.78. The summed E-state index contributed by atoms with van der Waals surface area (Å²) in [4.78, 5) is 5.70. The standard InChI is InChI=1S/C17H24N2S/c1-12(2)10-16(15-8-6-5-7-9-15)19-14(4)17-13(3)18-11-20-17/h5-9,11-12,14,16,19H,10H2,1-4H3. The first-order valence-electron chi connectivity index (χ1n) is 7.29. The van der Waals surface area contributed by atoms with E-state index in [0.29, 0.717) is 18.0 Å². The Bertz CT molecular complexity index is 519. The van der Waals surface area contributed by atoms with Crippen LogP contribution in [0.1, 0.15) is 55.4 Å². The number of hydrogen-bond acceptors (Lipinski definition) is 3. The molecule has 0 aliphatic rings. The minimum Gasteiger partial charge on any atom is -0.303 e. The Morgan fingerprint density at radius 2 is 1.85 bits per heavy atom. The predicted molar refractivity (Wildman–Crippen MR) is 87.0 cm³/mol. The molecular weight excluding hydrogens is 264 g/mol. The lowest BCUT2D eigenvalue weighted by Crippen LogP contribution is -2.25. The second kappa shape index (κ2) is 7.00. The number of aromatic nitrogens is 1. The van der Waals surface area contributed by atoms with E-state index >= 15 is 0 Å². The third-order valence-electron chi connectivity index (χ3n) is 3.54. The maximum Gasteiger partial charge on any atom is 0.0798 e. The summed E-state index contributed by atoms with van der Waals surface area (Å²) < 4.78 is 0. The number of nitrogens with one attached hydrogen (secondary N) is 1. The van der Waals surface area contributed by atoms with Crippen molar-refractivity contribution in [2.75, 3.05) is 0 Å². The highest BCUT2D eigenvalue weighted by Crippen LogP contribution is 2.28. The van der Waals surface area contributed by atoms with E-state index < -0.39 is 0 Å². The van der Waals surface area contributed by atoms with Crippen molar-refractivity contribution in [2.24, 2.45) is 5.92 Å². The van der Waals surface area contributed by atoms with E-state index in [1.807, 2.05) is 5.51 Å². The SMILES string of the molecule is Cc1ncsc1C(C)NC(CC(C)C)c1ccccc1. The summed E-state index contributed by atoms with van der Waals surface area (Å²) in [5.74, 6) is 0.669. The third-order valence-corrected chi connectivity index (χ3v) is 4.65. The topological polar surface area (TPSA) is 24.9 Å². The Balaban J connectivity index is 2.14. The Kier molecular flexibility index (Phi) is 5.32. The van der Waals surface area contributed by atoms with Gasteiger partial charge in [0.2, 0.25) is 0 Å². The van der Waals surface area contributed by atoms with Crippen LogP contribution in [-0.4, -0.2) is 4.98 Å². The fraction of sp³-hybridized carbons (Fsp3) is 0.471. The third kappa shape index (κ3) is 3.90. The molecule has 108 valence electrons. The van der Waals surface area contributed by atoms with E-state index in [-0.39, 0.29) is 0 Å². The van der Waals surface area contributed by atoms with Crippen molar-refractivity contribution in [3.05, 3.63) is 52.0 Å². The number of thiazole rings is 1. The van der Waals surface area contributed by atoms with Crippen LogP contribution < -0.4 is 5.32 Å². The average Bonchev–Trinajstić information content (AvgIpc) is 2.85. The van der Waals surface area contributed by atoms with Crippen LogP contribution in [0.25, 0.3) is 0 Å². The zero-order valence-corrected chi connectivity index (χ0v) is 13.6. The van der Waals surface area contributed by atoms with Crippen molar-refractivity contribution in [1.29, 1.82) is 0 Å². The molecule has 0 aliphatic heterocycles. The average molecular weight is 288 g/mol. The fourth-order valence-electron chi connectivity index (χ4n) is 2.56. The van der Waals surface area contributed by atoms with E-state index in [1.165, 1.54) is 10.4 Å². The Morgan fingerprint density at radius 3 is 2.40 bits per heavy atom. The van der Waals surface area contributed by atoms with Crippen LogP contribution >= 0.6 is 11.3 Å². The molecule has 0 saturated carbocycles. The number of aryl methyl sites for hydroxylation is 1. The molecule has 0 saturated heterocycles. The largest absolute Gasteiger partial charge is 0.303 e. The van der Waals surface area contributed by atoms with Gasteiger partial charge in [-0.15, -0.1) is 11.3 Å². The van der Waals surface area contributed by atoms with Gasteiger partial charge < -0.3 is 5.32 Å². The number of benzene rings is 1. The van der Waals surface area contributed by atoms with E-state index in [9.17, 15) is 0 Å². The van der Waals surface area contributed by atoms with Crippen molar-refractivity contribution >= 4 is 11.3 Å². The lowest BCUT2D eigenvalue weighted by molar-refractivity contribution is 0.396. The van der Waals surface area contributed by atoms with Gasteiger partial charge in [0.25, 0.3) is 0 Å². The highest BCUT2D eigenvalue weighted by Gasteiger charge is 2.18. The van der Waals surface area contributed by atoms with Gasteiger partial charge in [0.15, 0.2) is 0 Å². The van der Waals surface area contributed by atoms with Crippen LogP contribution in [0, 0.1) is 12.8 Å². The molecule has 2 nitrogen and oxygen atoms in total. The smallest absolute Gasteiger partial charge is 0.0798 e. The summed E-state index contributed by atoms with van der Waals surface area (Å²) in [5.41, 5.74) is 4.45. The molecule has 0 bridgehead atoms. The normalized spacial score (nSPS) is 14.4. The highest BCUT2D eigenvalue weighted by atomic mass is 32.1. The zero-order chi connectivity index (χ0) is 14.5. The van der Waals surface area contributed by atoms with Crippen molar-refractivity contribution < 1.29 is 0 Å². The van der Waals surface area contributed by atoms with Gasteiger partial charge in [-0.1, -0.05) is 44.2 Å². The Hall–Kier alpha value is -1.19. The molecule has 1 aromatic carbocycles. The number of rotatable bonds is 6. The molecule has 0 spiro atoms. The van der Waals surface area contributed by atoms with Gasteiger partial charge >= 0.3 is 0 Å². The van der Waals surface area contributed by atoms with Crippen LogP contribution in [-0.2, 0) is 0 Å². The molecule has 2 aromatic rings. The second-order valence-corrected chi connectivity index (χ2v) is 6.67. The predicted octanol–water partition coefficient (Wildman–Crippen LogP) is 4.89. The van der Waals surface area contributed by atoms with Crippen LogP contribution in [0.5, 0.6) is 0 Å². The summed E-state index contributed by atoms with van der Waals surface area (Å²) in [5, 5.41) is 3.78. The minimum absolute atomic E-state index is 0.339. The maximum absolute atomic E-state index is 4.36. The first kappa shape index (κ1) is 15.2. The molecule has 0 aliphatic carbocycles. The summed E-state index contributed by atoms with van der Waals surface area (Å²) in [6.45, 7) is 8.88. The lowest BCUT2D eigenvalue weighted by atomic mass is 9.96. The number of nitrogens with zero attached hydrogens (tertiary/aromatic N) is 1. The van der Waals surface area contributed by atoms with Crippen molar-refractivity contribution in [1.82, 2.24) is 10.3 Å². The van der Waals surface area contributed by atoms with E-state index in [2.05, 4.69) is 68.3 Å². The maximum atomic E-state index is 4.36. The molecule has 1 heterocycles. The highest BCUT2D eigenvalue weighted by molar-refractivity contribution is 7.09. The van der Waals surface area contributed by atoms with E-state index in [0.717, 1.165) is 12.1 Å². The molecule has 0 fully saturated rings. The first-order valence-corrected chi connectivity index (χ1v) is 8.17. The van der Waals surface area contributed by atoms with Gasteiger partial charge in [-0.25, -0.2) is 4.98 Å². The molecule has 3 heteroatoms. The van der Waals surface area contributed by atoms with Gasteiger partial charge in [0.05, 0.1) is 11.2 Å². The van der Waals surface area contributed by atoms with Crippen molar-refractivity contribution in [3.63, 3.8) is 0 Å². The summed E-state index contributed by atoms with van der Waals surface area (Å²) in [6, 6.07) is 11.5. The molecule has 0 amide bonds. The van der Waals surface area contributed by atoms with Crippen LogP contribution in [0.3, 0.4) is 0 Å². The van der Waals surface area contributed by atoms with Gasteiger partial charge in [0, 0.05) is 17.0 Å². The Labute approximate surface area is 126 Å². The monoisotopic (exact) mass is 288 g/mol. The molecular formula is C17H24N2S. The van der Waals surface area contributed by atoms with Crippen LogP contribution in [0.2, 0.25) is 0 Å². The lowest BCUT2D eigenvalue weighted by Gasteiger charge is -2.25. The van der Waals surface area contributed by atoms with Crippen molar-refractivity contribution in [3.8, 4) is 0 Å². The van der Waals surface area contributed by atoms with Crippen molar-refractivity contribution in [2.45, 2.75) is 46.2 Å². The molecule has 2 rings (SSSR count). The van der Waals surface area contributed by atoms with Gasteiger partial charge in [-0.05, 0) is 31.7 Å². The number of hydrogen-bond donors (Lipinski definition) is 1. The molecule has 0 radical (unpaired) electrons. The van der Waals surface area contributed by atoms with Gasteiger partial charge in [-0.3, -0.25) is 0 Å². The van der Waals surface area contributed by atoms with Gasteiger partial charge in [-0.2, -0.15) is 0 Å². The van der Waals surface area contributed by atoms with Crippen LogP contribution in [0.15, 0.2) is 35.8 Å². The molecule has 2 atom stereocenters.